The van der Waals surface area contributed by atoms with Crippen molar-refractivity contribution >= 4 is 11.6 Å². The number of carbonyl (C=O) groups excluding carboxylic acids is 1. The van der Waals surface area contributed by atoms with Crippen LogP contribution in [0.4, 0.5) is 10.1 Å². The van der Waals surface area contributed by atoms with E-state index < -0.39 is 0 Å². The first-order valence-corrected chi connectivity index (χ1v) is 9.24. The molecule has 2 N–H and O–H groups in total. The average molecular weight is 376 g/mol. The Morgan fingerprint density at radius 1 is 0.929 bits per heavy atom. The van der Waals surface area contributed by atoms with E-state index in [4.69, 9.17) is 10.5 Å². The molecule has 1 amide bonds. The highest BCUT2D eigenvalue weighted by Gasteiger charge is 2.36. The van der Waals surface area contributed by atoms with Gasteiger partial charge in [0.2, 0.25) is 5.91 Å². The van der Waals surface area contributed by atoms with E-state index in [0.29, 0.717) is 24.5 Å². The molecular formula is C23H21FN2O2. The van der Waals surface area contributed by atoms with Gasteiger partial charge in [-0.05, 0) is 60.5 Å². The highest BCUT2D eigenvalue weighted by atomic mass is 19.1. The van der Waals surface area contributed by atoms with Crippen LogP contribution in [0.1, 0.15) is 18.0 Å². The number of amides is 1. The van der Waals surface area contributed by atoms with Gasteiger partial charge in [0, 0.05) is 12.2 Å². The number of ether oxygens (including phenoxy) is 1. The Morgan fingerprint density at radius 2 is 1.54 bits per heavy atom. The average Bonchev–Trinajstić information content (AvgIpc) is 3.17. The third kappa shape index (κ3) is 3.83. The molecule has 0 radical (unpaired) electrons. The maximum Gasteiger partial charge on any atom is 0.222 e. The van der Waals surface area contributed by atoms with E-state index in [9.17, 15) is 9.18 Å². The van der Waals surface area contributed by atoms with E-state index in [1.54, 1.807) is 12.1 Å². The summed E-state index contributed by atoms with van der Waals surface area (Å²) in [5.74, 6) is 0.497. The minimum Gasteiger partial charge on any atom is -0.457 e. The van der Waals surface area contributed by atoms with Crippen LogP contribution in [0.2, 0.25) is 0 Å². The van der Waals surface area contributed by atoms with Crippen molar-refractivity contribution in [2.45, 2.75) is 12.5 Å². The molecule has 5 heteroatoms. The van der Waals surface area contributed by atoms with Crippen LogP contribution in [0, 0.1) is 11.7 Å². The van der Waals surface area contributed by atoms with E-state index in [0.717, 1.165) is 11.3 Å². The zero-order valence-electron chi connectivity index (χ0n) is 15.3. The number of hydrogen-bond donors (Lipinski definition) is 1. The molecule has 0 bridgehead atoms. The van der Waals surface area contributed by atoms with Crippen LogP contribution in [0.15, 0.2) is 78.9 Å². The fraction of sp³-hybridized carbons (Fsp3) is 0.174. The molecule has 142 valence electrons. The number of benzene rings is 3. The second-order valence-corrected chi connectivity index (χ2v) is 6.96. The summed E-state index contributed by atoms with van der Waals surface area (Å²) in [7, 11) is 0. The second-order valence-electron chi connectivity index (χ2n) is 6.96. The lowest BCUT2D eigenvalue weighted by molar-refractivity contribution is -0.121. The molecule has 1 fully saturated rings. The molecule has 4 nitrogen and oxygen atoms in total. The van der Waals surface area contributed by atoms with Gasteiger partial charge in [-0.15, -0.1) is 0 Å². The van der Waals surface area contributed by atoms with Gasteiger partial charge in [0.05, 0.1) is 12.0 Å². The van der Waals surface area contributed by atoms with E-state index in [1.807, 2.05) is 42.5 Å². The molecule has 0 spiro atoms. The quantitative estimate of drug-likeness (QED) is 0.704. The molecule has 0 aromatic heterocycles. The molecule has 4 rings (SSSR count). The van der Waals surface area contributed by atoms with Crippen LogP contribution in [-0.2, 0) is 4.79 Å². The molecule has 1 aliphatic heterocycles. The number of rotatable bonds is 5. The summed E-state index contributed by atoms with van der Waals surface area (Å²) in [6, 6.07) is 23.8. The van der Waals surface area contributed by atoms with Crippen LogP contribution in [0.25, 0.3) is 0 Å². The van der Waals surface area contributed by atoms with E-state index >= 15 is 0 Å². The maximum atomic E-state index is 13.0. The monoisotopic (exact) mass is 376 g/mol. The van der Waals surface area contributed by atoms with Crippen molar-refractivity contribution in [1.82, 2.24) is 0 Å². The summed E-state index contributed by atoms with van der Waals surface area (Å²) in [4.78, 5) is 14.0. The molecule has 1 heterocycles. The van der Waals surface area contributed by atoms with Crippen LogP contribution >= 0.6 is 0 Å². The Hall–Kier alpha value is -3.34. The number of anilines is 1. The summed E-state index contributed by atoms with van der Waals surface area (Å²) in [6.45, 7) is 0.590. The summed E-state index contributed by atoms with van der Waals surface area (Å²) >= 11 is 0. The molecule has 28 heavy (non-hydrogen) atoms. The summed E-state index contributed by atoms with van der Waals surface area (Å²) < 4.78 is 18.8. The molecule has 2 unspecified atom stereocenters. The van der Waals surface area contributed by atoms with Crippen LogP contribution in [0.3, 0.4) is 0 Å². The molecular weight excluding hydrogens is 355 g/mol. The number of hydrogen-bond acceptors (Lipinski definition) is 3. The number of carbonyl (C=O) groups is 1. The van der Waals surface area contributed by atoms with Gasteiger partial charge >= 0.3 is 0 Å². The van der Waals surface area contributed by atoms with Gasteiger partial charge in [0.25, 0.3) is 0 Å². The highest BCUT2D eigenvalue weighted by molar-refractivity contribution is 5.78. The fourth-order valence-electron chi connectivity index (χ4n) is 3.66. The number of nitrogens with zero attached hydrogens (tertiary/aromatic N) is 1. The van der Waals surface area contributed by atoms with Crippen molar-refractivity contribution in [3.05, 3.63) is 90.2 Å². The van der Waals surface area contributed by atoms with Gasteiger partial charge in [-0.3, -0.25) is 4.79 Å². The highest BCUT2D eigenvalue weighted by Crippen LogP contribution is 2.39. The van der Waals surface area contributed by atoms with Gasteiger partial charge in [0.15, 0.2) is 0 Å². The van der Waals surface area contributed by atoms with Crippen molar-refractivity contribution in [2.75, 3.05) is 11.4 Å². The van der Waals surface area contributed by atoms with Crippen LogP contribution in [0.5, 0.6) is 11.5 Å². The van der Waals surface area contributed by atoms with Crippen molar-refractivity contribution < 1.29 is 13.9 Å². The SMILES string of the molecule is NC(=O)C1CC(c2ccccc2)N(c2ccc(Oc3ccc(F)cc3)cc2)C1. The van der Waals surface area contributed by atoms with E-state index in [1.165, 1.54) is 12.1 Å². The third-order valence-electron chi connectivity index (χ3n) is 5.11. The Morgan fingerprint density at radius 3 is 2.14 bits per heavy atom. The predicted octanol–water partition coefficient (Wildman–Crippen LogP) is 4.67. The Bertz CT molecular complexity index is 943. The van der Waals surface area contributed by atoms with Crippen molar-refractivity contribution in [3.8, 4) is 11.5 Å². The van der Waals surface area contributed by atoms with Gasteiger partial charge in [-0.1, -0.05) is 30.3 Å². The largest absolute Gasteiger partial charge is 0.457 e. The van der Waals surface area contributed by atoms with Crippen LogP contribution < -0.4 is 15.4 Å². The lowest BCUT2D eigenvalue weighted by Gasteiger charge is -2.27. The predicted molar refractivity (Wildman–Crippen MR) is 107 cm³/mol. The van der Waals surface area contributed by atoms with E-state index in [2.05, 4.69) is 17.0 Å². The standard InChI is InChI=1S/C23H21FN2O2/c24-18-6-10-20(11-7-18)28-21-12-8-19(9-13-21)26-15-17(23(25)27)14-22(26)16-4-2-1-3-5-16/h1-13,17,22H,14-15H2,(H2,25,27). The first-order valence-electron chi connectivity index (χ1n) is 9.24. The maximum absolute atomic E-state index is 13.0. The fourth-order valence-corrected chi connectivity index (χ4v) is 3.66. The van der Waals surface area contributed by atoms with E-state index in [-0.39, 0.29) is 23.7 Å². The molecule has 3 aromatic rings. The Balaban J connectivity index is 1.55. The first kappa shape index (κ1) is 18.0. The topological polar surface area (TPSA) is 55.6 Å². The lowest BCUT2D eigenvalue weighted by Crippen LogP contribution is -2.27. The zero-order valence-corrected chi connectivity index (χ0v) is 15.3. The molecule has 3 aromatic carbocycles. The Kier molecular flexibility index (Phi) is 4.98. The molecule has 2 atom stereocenters. The second kappa shape index (κ2) is 7.72. The number of primary amides is 1. The zero-order chi connectivity index (χ0) is 19.5. The summed E-state index contributed by atoms with van der Waals surface area (Å²) in [5.41, 5.74) is 7.76. The normalized spacial score (nSPS) is 18.8. The summed E-state index contributed by atoms with van der Waals surface area (Å²) in [6.07, 6.45) is 0.702. The minimum absolute atomic E-state index is 0.0996. The first-order chi connectivity index (χ1) is 13.6. The number of halogens is 1. The lowest BCUT2D eigenvalue weighted by atomic mass is 9.99. The van der Waals surface area contributed by atoms with Gasteiger partial charge in [0.1, 0.15) is 17.3 Å². The van der Waals surface area contributed by atoms with Crippen LogP contribution in [-0.4, -0.2) is 12.5 Å². The molecule has 1 aliphatic rings. The third-order valence-corrected chi connectivity index (χ3v) is 5.11. The summed E-state index contributed by atoms with van der Waals surface area (Å²) in [5, 5.41) is 0. The molecule has 0 aliphatic carbocycles. The van der Waals surface area contributed by atoms with Crippen molar-refractivity contribution in [3.63, 3.8) is 0 Å². The molecule has 0 saturated carbocycles. The van der Waals surface area contributed by atoms with Crippen molar-refractivity contribution in [2.24, 2.45) is 11.7 Å². The smallest absolute Gasteiger partial charge is 0.222 e. The number of nitrogens with two attached hydrogens (primary N) is 1. The van der Waals surface area contributed by atoms with Gasteiger partial charge < -0.3 is 15.4 Å². The Labute approximate surface area is 163 Å². The van der Waals surface area contributed by atoms with Crippen molar-refractivity contribution in [1.29, 1.82) is 0 Å². The molecule has 1 saturated heterocycles. The van der Waals surface area contributed by atoms with Gasteiger partial charge in [-0.2, -0.15) is 0 Å². The van der Waals surface area contributed by atoms with Gasteiger partial charge in [-0.25, -0.2) is 4.39 Å². The minimum atomic E-state index is -0.298.